The second-order valence-corrected chi connectivity index (χ2v) is 4.09. The predicted molar refractivity (Wildman–Crippen MR) is 65.5 cm³/mol. The summed E-state index contributed by atoms with van der Waals surface area (Å²) in [5, 5.41) is 1.02. The summed E-state index contributed by atoms with van der Waals surface area (Å²) < 4.78 is 5.57. The third kappa shape index (κ3) is 2.65. The van der Waals surface area contributed by atoms with E-state index in [0.717, 1.165) is 5.69 Å². The van der Waals surface area contributed by atoms with E-state index in [1.807, 2.05) is 13.0 Å². The van der Waals surface area contributed by atoms with Gasteiger partial charge in [0.05, 0.1) is 0 Å². The molecule has 0 unspecified atom stereocenters. The highest BCUT2D eigenvalue weighted by atomic mass is 35.5. The summed E-state index contributed by atoms with van der Waals surface area (Å²) in [6, 6.07) is 10.7. The molecular formula is C12H9Cl2NO. The van der Waals surface area contributed by atoms with Crippen molar-refractivity contribution in [1.29, 1.82) is 0 Å². The highest BCUT2D eigenvalue weighted by Crippen LogP contribution is 2.28. The normalized spacial score (nSPS) is 10.2. The van der Waals surface area contributed by atoms with Crippen molar-refractivity contribution in [1.82, 2.24) is 4.98 Å². The third-order valence-corrected chi connectivity index (χ3v) is 2.52. The van der Waals surface area contributed by atoms with Crippen molar-refractivity contribution in [3.8, 4) is 11.5 Å². The lowest BCUT2D eigenvalue weighted by molar-refractivity contribution is 0.480. The summed E-state index contributed by atoms with van der Waals surface area (Å²) >= 11 is 11.7. The summed E-state index contributed by atoms with van der Waals surface area (Å²) in [5.41, 5.74) is 0.855. The van der Waals surface area contributed by atoms with Gasteiger partial charge in [0.2, 0.25) is 0 Å². The molecule has 1 aromatic heterocycles. The molecule has 0 aliphatic carbocycles. The van der Waals surface area contributed by atoms with Crippen LogP contribution in [0.4, 0.5) is 0 Å². The van der Waals surface area contributed by atoms with Crippen LogP contribution in [0.1, 0.15) is 5.69 Å². The van der Waals surface area contributed by atoms with Crippen LogP contribution in [0.15, 0.2) is 36.4 Å². The van der Waals surface area contributed by atoms with Gasteiger partial charge in [0.1, 0.15) is 5.75 Å². The zero-order valence-corrected chi connectivity index (χ0v) is 10.1. The van der Waals surface area contributed by atoms with Gasteiger partial charge < -0.3 is 4.74 Å². The third-order valence-electron chi connectivity index (χ3n) is 2.00. The van der Waals surface area contributed by atoms with Crippen LogP contribution in [0, 0.1) is 6.92 Å². The molecule has 2 aromatic rings. The molecule has 0 amide bonds. The van der Waals surface area contributed by atoms with Gasteiger partial charge in [-0.05, 0) is 43.3 Å². The maximum absolute atomic E-state index is 5.95. The van der Waals surface area contributed by atoms with E-state index in [4.69, 9.17) is 27.9 Å². The van der Waals surface area contributed by atoms with Gasteiger partial charge in [-0.25, -0.2) is 4.98 Å². The zero-order chi connectivity index (χ0) is 11.5. The molecule has 2 rings (SSSR count). The lowest BCUT2D eigenvalue weighted by Crippen LogP contribution is -1.88. The highest BCUT2D eigenvalue weighted by Gasteiger charge is 2.04. The van der Waals surface area contributed by atoms with Gasteiger partial charge in [-0.2, -0.15) is 0 Å². The highest BCUT2D eigenvalue weighted by molar-refractivity contribution is 6.31. The number of nitrogens with zero attached hydrogens (tertiary/aromatic N) is 1. The molecule has 0 saturated carbocycles. The molecule has 16 heavy (non-hydrogen) atoms. The summed E-state index contributed by atoms with van der Waals surface area (Å²) in [4.78, 5) is 4.10. The predicted octanol–water partition coefficient (Wildman–Crippen LogP) is 4.49. The fourth-order valence-electron chi connectivity index (χ4n) is 1.22. The largest absolute Gasteiger partial charge is 0.454 e. The summed E-state index contributed by atoms with van der Waals surface area (Å²) in [6.45, 7) is 1.87. The van der Waals surface area contributed by atoms with Gasteiger partial charge in [0.15, 0.2) is 10.9 Å². The van der Waals surface area contributed by atoms with Gasteiger partial charge in [-0.15, -0.1) is 0 Å². The number of rotatable bonds is 2. The molecule has 1 aromatic carbocycles. The first-order chi connectivity index (χ1) is 7.65. The van der Waals surface area contributed by atoms with Crippen molar-refractivity contribution in [3.05, 3.63) is 52.3 Å². The van der Waals surface area contributed by atoms with Crippen molar-refractivity contribution in [2.24, 2.45) is 0 Å². The van der Waals surface area contributed by atoms with E-state index in [-0.39, 0.29) is 0 Å². The average molecular weight is 254 g/mol. The number of benzene rings is 1. The van der Waals surface area contributed by atoms with E-state index >= 15 is 0 Å². The van der Waals surface area contributed by atoms with Crippen molar-refractivity contribution >= 4 is 23.2 Å². The molecule has 0 aliphatic heterocycles. The van der Waals surface area contributed by atoms with Gasteiger partial charge in [0.25, 0.3) is 0 Å². The average Bonchev–Trinajstić information content (AvgIpc) is 2.25. The number of aryl methyl sites for hydroxylation is 1. The standard InChI is InChI=1S/C12H9Cl2NO/c1-8-2-7-11(12(14)15-8)16-10-5-3-9(13)4-6-10/h2-7H,1H3. The van der Waals surface area contributed by atoms with Crippen LogP contribution >= 0.6 is 23.2 Å². The Morgan fingerprint density at radius 2 is 1.69 bits per heavy atom. The SMILES string of the molecule is Cc1ccc(Oc2ccc(Cl)cc2)c(Cl)n1. The number of ether oxygens (including phenoxy) is 1. The fourth-order valence-corrected chi connectivity index (χ4v) is 1.58. The van der Waals surface area contributed by atoms with Crippen LogP contribution in [0.25, 0.3) is 0 Å². The molecule has 4 heteroatoms. The first kappa shape index (κ1) is 11.2. The minimum Gasteiger partial charge on any atom is -0.454 e. The van der Waals surface area contributed by atoms with Crippen LogP contribution < -0.4 is 4.74 Å². The van der Waals surface area contributed by atoms with E-state index < -0.39 is 0 Å². The van der Waals surface area contributed by atoms with Crippen molar-refractivity contribution in [2.45, 2.75) is 6.92 Å². The second kappa shape index (κ2) is 4.73. The van der Waals surface area contributed by atoms with Gasteiger partial charge in [0, 0.05) is 10.7 Å². The Labute approximate surface area is 104 Å². The minimum absolute atomic E-state index is 0.356. The lowest BCUT2D eigenvalue weighted by atomic mass is 10.3. The molecule has 0 spiro atoms. The van der Waals surface area contributed by atoms with E-state index in [0.29, 0.717) is 21.7 Å². The summed E-state index contributed by atoms with van der Waals surface area (Å²) in [7, 11) is 0. The second-order valence-electron chi connectivity index (χ2n) is 3.30. The molecule has 82 valence electrons. The van der Waals surface area contributed by atoms with Gasteiger partial charge in [-0.3, -0.25) is 0 Å². The zero-order valence-electron chi connectivity index (χ0n) is 8.58. The molecule has 0 radical (unpaired) electrons. The lowest BCUT2D eigenvalue weighted by Gasteiger charge is -2.07. The summed E-state index contributed by atoms with van der Waals surface area (Å²) in [5.74, 6) is 1.21. The van der Waals surface area contributed by atoms with Crippen LogP contribution in [0.3, 0.4) is 0 Å². The van der Waals surface area contributed by atoms with Crippen LogP contribution in [-0.2, 0) is 0 Å². The smallest absolute Gasteiger partial charge is 0.171 e. The molecular weight excluding hydrogens is 245 g/mol. The number of aromatic nitrogens is 1. The first-order valence-electron chi connectivity index (χ1n) is 4.72. The maximum atomic E-state index is 5.95. The number of pyridine rings is 1. The molecule has 2 nitrogen and oxygen atoms in total. The molecule has 1 heterocycles. The number of hydrogen-bond donors (Lipinski definition) is 0. The van der Waals surface area contributed by atoms with Crippen molar-refractivity contribution in [2.75, 3.05) is 0 Å². The minimum atomic E-state index is 0.356. The molecule has 0 bridgehead atoms. The van der Waals surface area contributed by atoms with Crippen LogP contribution in [0.5, 0.6) is 11.5 Å². The number of halogens is 2. The molecule has 0 saturated heterocycles. The monoisotopic (exact) mass is 253 g/mol. The number of hydrogen-bond acceptors (Lipinski definition) is 2. The summed E-state index contributed by atoms with van der Waals surface area (Å²) in [6.07, 6.45) is 0. The van der Waals surface area contributed by atoms with E-state index in [1.165, 1.54) is 0 Å². The van der Waals surface area contributed by atoms with Gasteiger partial charge >= 0.3 is 0 Å². The fraction of sp³-hybridized carbons (Fsp3) is 0.0833. The molecule has 0 atom stereocenters. The molecule has 0 aliphatic rings. The Hall–Kier alpha value is -1.25. The Morgan fingerprint density at radius 3 is 2.31 bits per heavy atom. The van der Waals surface area contributed by atoms with Crippen molar-refractivity contribution < 1.29 is 4.74 Å². The van der Waals surface area contributed by atoms with E-state index in [1.54, 1.807) is 30.3 Å². The Bertz CT molecular complexity index is 497. The van der Waals surface area contributed by atoms with Crippen molar-refractivity contribution in [3.63, 3.8) is 0 Å². The maximum Gasteiger partial charge on any atom is 0.171 e. The molecule has 0 fully saturated rings. The van der Waals surface area contributed by atoms with Crippen LogP contribution in [0.2, 0.25) is 10.2 Å². The van der Waals surface area contributed by atoms with Crippen LogP contribution in [-0.4, -0.2) is 4.98 Å². The van der Waals surface area contributed by atoms with E-state index in [9.17, 15) is 0 Å². The Morgan fingerprint density at radius 1 is 1.00 bits per heavy atom. The topological polar surface area (TPSA) is 22.1 Å². The Kier molecular flexibility index (Phi) is 3.32. The Balaban J connectivity index is 2.23. The molecule has 0 N–H and O–H groups in total. The first-order valence-corrected chi connectivity index (χ1v) is 5.47. The van der Waals surface area contributed by atoms with Gasteiger partial charge in [-0.1, -0.05) is 23.2 Å². The quantitative estimate of drug-likeness (QED) is 0.736. The van der Waals surface area contributed by atoms with E-state index in [2.05, 4.69) is 4.98 Å².